The zero-order chi connectivity index (χ0) is 12.8. The fraction of sp³-hybridized carbons (Fsp3) is 0.600. The summed E-state index contributed by atoms with van der Waals surface area (Å²) in [6.45, 7) is 7.56. The highest BCUT2D eigenvalue weighted by atomic mass is 16.5. The highest BCUT2D eigenvalue weighted by Crippen LogP contribution is 2.21. The average Bonchev–Trinajstić information content (AvgIpc) is 2.89. The lowest BCUT2D eigenvalue weighted by Gasteiger charge is -2.16. The Labute approximate surface area is 110 Å². The van der Waals surface area contributed by atoms with E-state index in [9.17, 15) is 0 Å². The maximum atomic E-state index is 5.41. The molecule has 3 nitrogen and oxygen atoms in total. The lowest BCUT2D eigenvalue weighted by atomic mass is 10.1. The van der Waals surface area contributed by atoms with E-state index in [1.165, 1.54) is 37.1 Å². The molecule has 0 aliphatic carbocycles. The maximum Gasteiger partial charge on any atom is 0.123 e. The molecule has 3 heteroatoms. The molecular weight excluding hydrogens is 224 g/mol. The molecule has 0 aromatic heterocycles. The minimum absolute atomic E-state index is 0.882. The second kappa shape index (κ2) is 6.76. The van der Waals surface area contributed by atoms with Crippen molar-refractivity contribution in [2.75, 3.05) is 26.7 Å². The molecule has 1 N–H and O–H groups in total. The van der Waals surface area contributed by atoms with Gasteiger partial charge in [0, 0.05) is 18.7 Å². The van der Waals surface area contributed by atoms with Crippen LogP contribution in [0.4, 0.5) is 0 Å². The van der Waals surface area contributed by atoms with Crippen LogP contribution in [0, 0.1) is 0 Å². The summed E-state index contributed by atoms with van der Waals surface area (Å²) in [5, 5.41) is 3.37. The Morgan fingerprint density at radius 2 is 2.06 bits per heavy atom. The number of benzene rings is 1. The number of rotatable bonds is 6. The second-order valence-corrected chi connectivity index (χ2v) is 4.91. The van der Waals surface area contributed by atoms with Gasteiger partial charge in [0.05, 0.1) is 7.11 Å². The summed E-state index contributed by atoms with van der Waals surface area (Å²) in [5.74, 6) is 0.987. The van der Waals surface area contributed by atoms with Crippen molar-refractivity contribution < 1.29 is 4.74 Å². The van der Waals surface area contributed by atoms with Gasteiger partial charge in [-0.3, -0.25) is 4.90 Å². The fourth-order valence-corrected chi connectivity index (χ4v) is 2.53. The van der Waals surface area contributed by atoms with Crippen LogP contribution in [0.1, 0.15) is 30.9 Å². The molecule has 0 spiro atoms. The van der Waals surface area contributed by atoms with Crippen molar-refractivity contribution in [2.24, 2.45) is 0 Å². The third-order valence-corrected chi connectivity index (χ3v) is 3.52. The Bertz CT molecular complexity index is 373. The third kappa shape index (κ3) is 3.47. The van der Waals surface area contributed by atoms with E-state index in [4.69, 9.17) is 4.74 Å². The van der Waals surface area contributed by atoms with Crippen LogP contribution in [0.2, 0.25) is 0 Å². The highest BCUT2D eigenvalue weighted by molar-refractivity contribution is 5.37. The van der Waals surface area contributed by atoms with Crippen LogP contribution in [0.3, 0.4) is 0 Å². The van der Waals surface area contributed by atoms with Gasteiger partial charge in [0.15, 0.2) is 0 Å². The number of nitrogens with one attached hydrogen (secondary N) is 1. The molecule has 1 saturated heterocycles. The molecule has 1 fully saturated rings. The topological polar surface area (TPSA) is 24.5 Å². The smallest absolute Gasteiger partial charge is 0.123 e. The first kappa shape index (κ1) is 13.4. The Morgan fingerprint density at radius 1 is 1.28 bits per heavy atom. The third-order valence-electron chi connectivity index (χ3n) is 3.52. The largest absolute Gasteiger partial charge is 0.496 e. The van der Waals surface area contributed by atoms with Gasteiger partial charge < -0.3 is 10.1 Å². The van der Waals surface area contributed by atoms with Crippen molar-refractivity contribution in [1.82, 2.24) is 10.2 Å². The van der Waals surface area contributed by atoms with Gasteiger partial charge in [-0.05, 0) is 50.2 Å². The first-order valence-electron chi connectivity index (χ1n) is 6.92. The van der Waals surface area contributed by atoms with E-state index in [1.807, 2.05) is 0 Å². The van der Waals surface area contributed by atoms with Crippen molar-refractivity contribution in [3.8, 4) is 5.75 Å². The summed E-state index contributed by atoms with van der Waals surface area (Å²) in [6.07, 6.45) is 2.70. The average molecular weight is 248 g/mol. The van der Waals surface area contributed by atoms with Crippen molar-refractivity contribution >= 4 is 0 Å². The number of likely N-dealkylation sites (tertiary alicyclic amines) is 1. The predicted molar refractivity (Wildman–Crippen MR) is 74.9 cm³/mol. The van der Waals surface area contributed by atoms with Crippen LogP contribution >= 0.6 is 0 Å². The molecule has 0 radical (unpaired) electrons. The summed E-state index contributed by atoms with van der Waals surface area (Å²) in [5.41, 5.74) is 2.65. The monoisotopic (exact) mass is 248 g/mol. The van der Waals surface area contributed by atoms with Gasteiger partial charge in [-0.25, -0.2) is 0 Å². The fourth-order valence-electron chi connectivity index (χ4n) is 2.53. The molecule has 1 aliphatic heterocycles. The van der Waals surface area contributed by atoms with Crippen LogP contribution in [0.15, 0.2) is 18.2 Å². The minimum Gasteiger partial charge on any atom is -0.496 e. The van der Waals surface area contributed by atoms with Crippen molar-refractivity contribution in [1.29, 1.82) is 0 Å². The molecule has 1 aromatic carbocycles. The molecule has 18 heavy (non-hydrogen) atoms. The lowest BCUT2D eigenvalue weighted by molar-refractivity contribution is 0.331. The lowest BCUT2D eigenvalue weighted by Crippen LogP contribution is -2.19. The standard InChI is InChI=1S/C15H24N2O/c1-3-16-11-14-10-13(6-7-15(14)18-2)12-17-8-4-5-9-17/h6-7,10,16H,3-5,8-9,11-12H2,1-2H3. The SMILES string of the molecule is CCNCc1cc(CN2CCCC2)ccc1OC. The second-order valence-electron chi connectivity index (χ2n) is 4.91. The number of hydrogen-bond donors (Lipinski definition) is 1. The Kier molecular flexibility index (Phi) is 5.02. The van der Waals surface area contributed by atoms with E-state index in [1.54, 1.807) is 7.11 Å². The normalized spacial score (nSPS) is 16.1. The minimum atomic E-state index is 0.882. The molecule has 0 atom stereocenters. The van der Waals surface area contributed by atoms with Gasteiger partial charge in [0.1, 0.15) is 5.75 Å². The van der Waals surface area contributed by atoms with E-state index in [-0.39, 0.29) is 0 Å². The first-order valence-corrected chi connectivity index (χ1v) is 6.92. The molecule has 100 valence electrons. The van der Waals surface area contributed by atoms with Gasteiger partial charge in [0.25, 0.3) is 0 Å². The van der Waals surface area contributed by atoms with Crippen molar-refractivity contribution in [2.45, 2.75) is 32.9 Å². The van der Waals surface area contributed by atoms with Crippen molar-refractivity contribution in [3.05, 3.63) is 29.3 Å². The summed E-state index contributed by atoms with van der Waals surface area (Å²) in [7, 11) is 1.74. The summed E-state index contributed by atoms with van der Waals surface area (Å²) >= 11 is 0. The summed E-state index contributed by atoms with van der Waals surface area (Å²) in [6, 6.07) is 6.56. The highest BCUT2D eigenvalue weighted by Gasteiger charge is 2.12. The number of methoxy groups -OCH3 is 1. The molecule has 0 bridgehead atoms. The Balaban J connectivity index is 2.05. The van der Waals surface area contributed by atoms with Crippen LogP contribution in [-0.4, -0.2) is 31.6 Å². The van der Waals surface area contributed by atoms with E-state index < -0.39 is 0 Å². The first-order chi connectivity index (χ1) is 8.83. The zero-order valence-electron chi connectivity index (χ0n) is 11.5. The summed E-state index contributed by atoms with van der Waals surface area (Å²) < 4.78 is 5.41. The molecule has 0 saturated carbocycles. The Hall–Kier alpha value is -1.06. The van der Waals surface area contributed by atoms with Crippen molar-refractivity contribution in [3.63, 3.8) is 0 Å². The van der Waals surface area contributed by atoms with E-state index in [0.717, 1.165) is 25.4 Å². The van der Waals surface area contributed by atoms with E-state index >= 15 is 0 Å². The molecule has 1 heterocycles. The molecule has 1 aliphatic rings. The van der Waals surface area contributed by atoms with Gasteiger partial charge in [0.2, 0.25) is 0 Å². The Morgan fingerprint density at radius 3 is 2.72 bits per heavy atom. The maximum absolute atomic E-state index is 5.41. The van der Waals surface area contributed by atoms with Gasteiger partial charge in [-0.2, -0.15) is 0 Å². The molecule has 1 aromatic rings. The van der Waals surface area contributed by atoms with Crippen LogP contribution in [0.5, 0.6) is 5.75 Å². The van der Waals surface area contributed by atoms with Crippen LogP contribution < -0.4 is 10.1 Å². The number of ether oxygens (including phenoxy) is 1. The van der Waals surface area contributed by atoms with Gasteiger partial charge >= 0.3 is 0 Å². The molecule has 2 rings (SSSR count). The zero-order valence-corrected chi connectivity index (χ0v) is 11.5. The summed E-state index contributed by atoms with van der Waals surface area (Å²) in [4.78, 5) is 2.53. The van der Waals surface area contributed by atoms with E-state index in [0.29, 0.717) is 0 Å². The van der Waals surface area contributed by atoms with Crippen LogP contribution in [0.25, 0.3) is 0 Å². The van der Waals surface area contributed by atoms with Crippen LogP contribution in [-0.2, 0) is 13.1 Å². The van der Waals surface area contributed by atoms with Gasteiger partial charge in [-0.1, -0.05) is 13.0 Å². The van der Waals surface area contributed by atoms with Gasteiger partial charge in [-0.15, -0.1) is 0 Å². The number of nitrogens with zero attached hydrogens (tertiary/aromatic N) is 1. The molecule has 0 amide bonds. The predicted octanol–water partition coefficient (Wildman–Crippen LogP) is 2.40. The molecular formula is C15H24N2O. The van der Waals surface area contributed by atoms with E-state index in [2.05, 4.69) is 35.3 Å². The number of hydrogen-bond acceptors (Lipinski definition) is 3. The molecule has 0 unspecified atom stereocenters. The quantitative estimate of drug-likeness (QED) is 0.836.